The number of halogens is 3. The van der Waals surface area contributed by atoms with E-state index in [1.54, 1.807) is 0 Å². The van der Waals surface area contributed by atoms with Gasteiger partial charge in [0.2, 0.25) is 9.70 Å². The number of rotatable bonds is 2. The summed E-state index contributed by atoms with van der Waals surface area (Å²) in [7, 11) is 0. The number of carbonyl (C=O) groups is 2. The molecule has 1 aliphatic carbocycles. The van der Waals surface area contributed by atoms with Crippen LogP contribution in [0.3, 0.4) is 0 Å². The van der Waals surface area contributed by atoms with Crippen LogP contribution in [0.4, 0.5) is 0 Å². The van der Waals surface area contributed by atoms with Crippen LogP contribution in [0.5, 0.6) is 0 Å². The number of hydrogen-bond acceptors (Lipinski definition) is 2. The van der Waals surface area contributed by atoms with Gasteiger partial charge < -0.3 is 5.32 Å². The lowest BCUT2D eigenvalue weighted by molar-refractivity contribution is -0.126. The zero-order chi connectivity index (χ0) is 12.3. The molecule has 1 N–H and O–H groups in total. The SMILES string of the molecule is CC(=O)N[C@H]([C@@H]1CCCCC1=O)C(Cl)(Cl)Cl. The summed E-state index contributed by atoms with van der Waals surface area (Å²) in [5.74, 6) is -0.615. The van der Waals surface area contributed by atoms with Crippen molar-refractivity contribution in [2.24, 2.45) is 5.92 Å². The Kier molecular flexibility index (Phi) is 4.89. The lowest BCUT2D eigenvalue weighted by Gasteiger charge is -2.33. The van der Waals surface area contributed by atoms with Crippen LogP contribution in [-0.2, 0) is 9.59 Å². The lowest BCUT2D eigenvalue weighted by atomic mass is 9.83. The normalized spacial score (nSPS) is 24.0. The number of ketones is 1. The van der Waals surface area contributed by atoms with Crippen molar-refractivity contribution in [3.05, 3.63) is 0 Å². The highest BCUT2D eigenvalue weighted by Crippen LogP contribution is 2.38. The van der Waals surface area contributed by atoms with Gasteiger partial charge in [0.15, 0.2) is 0 Å². The van der Waals surface area contributed by atoms with E-state index < -0.39 is 9.83 Å². The van der Waals surface area contributed by atoms with Gasteiger partial charge in [-0.2, -0.15) is 0 Å². The topological polar surface area (TPSA) is 46.2 Å². The predicted molar refractivity (Wildman–Crippen MR) is 64.9 cm³/mol. The average Bonchev–Trinajstić information content (AvgIpc) is 2.13. The van der Waals surface area contributed by atoms with Crippen molar-refractivity contribution in [2.75, 3.05) is 0 Å². The highest BCUT2D eigenvalue weighted by Gasteiger charge is 2.42. The van der Waals surface area contributed by atoms with Crippen molar-refractivity contribution >= 4 is 46.5 Å². The van der Waals surface area contributed by atoms with Crippen molar-refractivity contribution in [3.63, 3.8) is 0 Å². The molecule has 2 atom stereocenters. The molecule has 92 valence electrons. The third-order valence-electron chi connectivity index (χ3n) is 2.72. The fourth-order valence-electron chi connectivity index (χ4n) is 1.99. The van der Waals surface area contributed by atoms with E-state index in [1.807, 2.05) is 0 Å². The maximum Gasteiger partial charge on any atom is 0.217 e. The molecule has 0 radical (unpaired) electrons. The van der Waals surface area contributed by atoms with Crippen LogP contribution in [0.2, 0.25) is 0 Å². The summed E-state index contributed by atoms with van der Waals surface area (Å²) in [6, 6.07) is -0.734. The summed E-state index contributed by atoms with van der Waals surface area (Å²) in [5.41, 5.74) is 0. The Hall–Kier alpha value is 0.01000. The third kappa shape index (κ3) is 3.79. The minimum absolute atomic E-state index is 0.0660. The second kappa shape index (κ2) is 5.56. The zero-order valence-electron chi connectivity index (χ0n) is 8.93. The van der Waals surface area contributed by atoms with Crippen LogP contribution in [0, 0.1) is 5.92 Å². The number of alkyl halides is 3. The number of hydrogen-bond donors (Lipinski definition) is 1. The molecule has 16 heavy (non-hydrogen) atoms. The first-order valence-electron chi connectivity index (χ1n) is 5.19. The summed E-state index contributed by atoms with van der Waals surface area (Å²) in [5, 5.41) is 2.56. The van der Waals surface area contributed by atoms with E-state index in [1.165, 1.54) is 6.92 Å². The van der Waals surface area contributed by atoms with Crippen molar-refractivity contribution in [1.29, 1.82) is 0 Å². The monoisotopic (exact) mass is 285 g/mol. The van der Waals surface area contributed by atoms with Crippen LogP contribution in [0.15, 0.2) is 0 Å². The van der Waals surface area contributed by atoms with Gasteiger partial charge in [-0.1, -0.05) is 41.2 Å². The molecule has 6 heteroatoms. The minimum Gasteiger partial charge on any atom is -0.349 e. The largest absolute Gasteiger partial charge is 0.349 e. The van der Waals surface area contributed by atoms with Gasteiger partial charge in [-0.05, 0) is 12.8 Å². The quantitative estimate of drug-likeness (QED) is 0.793. The Morgan fingerprint density at radius 3 is 2.50 bits per heavy atom. The number of amides is 1. The molecule has 0 spiro atoms. The number of carbonyl (C=O) groups excluding carboxylic acids is 2. The first kappa shape index (κ1) is 14.1. The van der Waals surface area contributed by atoms with E-state index in [0.717, 1.165) is 12.8 Å². The first-order chi connectivity index (χ1) is 7.32. The summed E-state index contributed by atoms with van der Waals surface area (Å²) < 4.78 is -1.65. The minimum atomic E-state index is -1.65. The van der Waals surface area contributed by atoms with Gasteiger partial charge in [0.05, 0.1) is 6.04 Å². The van der Waals surface area contributed by atoms with Gasteiger partial charge in [0.1, 0.15) is 5.78 Å². The molecule has 1 rings (SSSR count). The molecule has 0 unspecified atom stereocenters. The van der Waals surface area contributed by atoms with E-state index >= 15 is 0 Å². The van der Waals surface area contributed by atoms with Gasteiger partial charge in [0.25, 0.3) is 0 Å². The predicted octanol–water partition coefficient (Wildman–Crippen LogP) is 2.62. The van der Waals surface area contributed by atoms with Crippen LogP contribution in [0.1, 0.15) is 32.6 Å². The van der Waals surface area contributed by atoms with Gasteiger partial charge in [0, 0.05) is 19.3 Å². The first-order valence-corrected chi connectivity index (χ1v) is 6.32. The highest BCUT2D eigenvalue weighted by molar-refractivity contribution is 6.68. The molecule has 0 aliphatic heterocycles. The Balaban J connectivity index is 2.82. The van der Waals surface area contributed by atoms with E-state index in [2.05, 4.69) is 5.32 Å². The fourth-order valence-corrected chi connectivity index (χ4v) is 2.61. The summed E-state index contributed by atoms with van der Waals surface area (Å²) in [4.78, 5) is 22.8. The third-order valence-corrected chi connectivity index (χ3v) is 3.42. The number of Topliss-reactive ketones (excluding diaryl/α,β-unsaturated/α-hetero) is 1. The van der Waals surface area contributed by atoms with Crippen molar-refractivity contribution in [1.82, 2.24) is 5.32 Å². The second-order valence-corrected chi connectivity index (χ2v) is 6.41. The second-order valence-electron chi connectivity index (χ2n) is 4.04. The molecule has 1 saturated carbocycles. The van der Waals surface area contributed by atoms with Crippen molar-refractivity contribution in [2.45, 2.75) is 42.4 Å². The summed E-state index contributed by atoms with van der Waals surface area (Å²) in [6.07, 6.45) is 2.97. The molecule has 1 fully saturated rings. The van der Waals surface area contributed by atoms with Crippen LogP contribution >= 0.6 is 34.8 Å². The molecule has 0 saturated heterocycles. The molecular weight excluding hydrogens is 272 g/mol. The number of nitrogens with one attached hydrogen (secondary N) is 1. The Labute approximate surface area is 110 Å². The Bertz CT molecular complexity index is 288. The summed E-state index contributed by atoms with van der Waals surface area (Å²) in [6.45, 7) is 1.34. The van der Waals surface area contributed by atoms with Gasteiger partial charge in [-0.15, -0.1) is 0 Å². The molecular formula is C10H14Cl3NO2. The highest BCUT2D eigenvalue weighted by atomic mass is 35.6. The van der Waals surface area contributed by atoms with Crippen LogP contribution in [0.25, 0.3) is 0 Å². The molecule has 0 aromatic heterocycles. The molecule has 0 aromatic rings. The molecule has 1 aliphatic rings. The van der Waals surface area contributed by atoms with Gasteiger partial charge >= 0.3 is 0 Å². The smallest absolute Gasteiger partial charge is 0.217 e. The molecule has 3 nitrogen and oxygen atoms in total. The van der Waals surface area contributed by atoms with Crippen molar-refractivity contribution in [3.8, 4) is 0 Å². The average molecular weight is 287 g/mol. The molecule has 0 heterocycles. The molecule has 1 amide bonds. The van der Waals surface area contributed by atoms with Crippen LogP contribution in [-0.4, -0.2) is 21.5 Å². The van der Waals surface area contributed by atoms with Crippen molar-refractivity contribution < 1.29 is 9.59 Å². The standard InChI is InChI=1S/C10H14Cl3NO2/c1-6(15)14-9(10(11,12)13)7-4-2-3-5-8(7)16/h7,9H,2-5H2,1H3,(H,14,15)/t7-,9-/m1/s1. The summed E-state index contributed by atoms with van der Waals surface area (Å²) >= 11 is 17.4. The maximum atomic E-state index is 11.7. The molecule has 0 aromatic carbocycles. The maximum absolute atomic E-state index is 11.7. The fraction of sp³-hybridized carbons (Fsp3) is 0.800. The van der Waals surface area contributed by atoms with E-state index in [4.69, 9.17) is 34.8 Å². The van der Waals surface area contributed by atoms with E-state index in [-0.39, 0.29) is 17.6 Å². The van der Waals surface area contributed by atoms with Gasteiger partial charge in [-0.25, -0.2) is 0 Å². The zero-order valence-corrected chi connectivity index (χ0v) is 11.2. The van der Waals surface area contributed by atoms with E-state index in [0.29, 0.717) is 12.8 Å². The Morgan fingerprint density at radius 2 is 2.06 bits per heavy atom. The van der Waals surface area contributed by atoms with Gasteiger partial charge in [-0.3, -0.25) is 9.59 Å². The lowest BCUT2D eigenvalue weighted by Crippen LogP contribution is -2.51. The molecule has 0 bridgehead atoms. The van der Waals surface area contributed by atoms with Crippen LogP contribution < -0.4 is 5.32 Å². The van der Waals surface area contributed by atoms with E-state index in [9.17, 15) is 9.59 Å². The Morgan fingerprint density at radius 1 is 1.44 bits per heavy atom.